The number of hydrogen-bond acceptors (Lipinski definition) is 14. The van der Waals surface area contributed by atoms with Crippen LogP contribution in [0.5, 0.6) is 5.75 Å². The van der Waals surface area contributed by atoms with Crippen molar-refractivity contribution in [2.75, 3.05) is 59.8 Å². The van der Waals surface area contributed by atoms with Crippen LogP contribution in [-0.4, -0.2) is 111 Å². The second kappa shape index (κ2) is 22.0. The number of nitrogens with zero attached hydrogens (tertiary/aromatic N) is 2. The second-order valence-corrected chi connectivity index (χ2v) is 13.6. The number of aliphatic hydroxyl groups is 1. The Morgan fingerprint density at radius 2 is 1.73 bits per heavy atom. The van der Waals surface area contributed by atoms with Crippen molar-refractivity contribution in [1.82, 2.24) is 15.5 Å². The van der Waals surface area contributed by atoms with Crippen molar-refractivity contribution in [2.45, 2.75) is 65.1 Å². The summed E-state index contributed by atoms with van der Waals surface area (Å²) >= 11 is 0. The van der Waals surface area contributed by atoms with E-state index < -0.39 is 46.7 Å². The predicted octanol–water partition coefficient (Wildman–Crippen LogP) is 4.75. The molecular formula is C39H52N4O13. The highest BCUT2D eigenvalue weighted by Crippen LogP contribution is 2.40. The lowest BCUT2D eigenvalue weighted by atomic mass is 9.80. The monoisotopic (exact) mass is 784 g/mol. The van der Waals surface area contributed by atoms with Crippen molar-refractivity contribution in [1.29, 1.82) is 0 Å². The number of unbranched alkanes of at least 4 members (excludes halogenated alkanes) is 1. The largest absolute Gasteiger partial charge is 0.491 e. The Morgan fingerprint density at radius 3 is 2.39 bits per heavy atom. The molecule has 1 aliphatic heterocycles. The van der Waals surface area contributed by atoms with Gasteiger partial charge in [-0.1, -0.05) is 30.3 Å². The zero-order valence-electron chi connectivity index (χ0n) is 32.7. The smallest absolute Gasteiger partial charge is 0.410 e. The fourth-order valence-electron chi connectivity index (χ4n) is 5.61. The van der Waals surface area contributed by atoms with E-state index in [1.807, 2.05) is 18.2 Å². The quantitative estimate of drug-likeness (QED) is 0.0544. The van der Waals surface area contributed by atoms with Gasteiger partial charge in [-0.15, -0.1) is 0 Å². The molecule has 2 atom stereocenters. The first kappa shape index (κ1) is 44.7. The summed E-state index contributed by atoms with van der Waals surface area (Å²) in [5.41, 5.74) is 0.0463. The van der Waals surface area contributed by atoms with Crippen LogP contribution >= 0.6 is 0 Å². The Balaban J connectivity index is 1.53. The van der Waals surface area contributed by atoms with Gasteiger partial charge in [-0.25, -0.2) is 19.2 Å². The molecule has 306 valence electrons. The summed E-state index contributed by atoms with van der Waals surface area (Å²) in [6.07, 6.45) is -1.38. The molecule has 0 radical (unpaired) electrons. The van der Waals surface area contributed by atoms with Gasteiger partial charge in [0.15, 0.2) is 0 Å². The Bertz CT molecular complexity index is 1720. The summed E-state index contributed by atoms with van der Waals surface area (Å²) in [5.74, 6) is -1.96. The van der Waals surface area contributed by atoms with E-state index in [1.54, 1.807) is 52.8 Å². The number of carbonyl (C=O) groups is 4. The van der Waals surface area contributed by atoms with E-state index in [0.717, 1.165) is 0 Å². The standard InChI is InChI=1S/C39H52N4O13/c1-7-53-36(46)34-31(41-26(2)32(35(45)51-6)33(34)27-14-13-15-28(22-27)43(49)50)25-52-21-18-40-37(47)54-20-12-11-19-42(38(48)56-39(3,4)5)23-29(44)24-55-30-16-9-8-10-17-30/h8-10,13-17,22,29,33,41,44H,7,11-12,18-21,23-25H2,1-6H3,(H,40,47). The molecule has 2 unspecified atom stereocenters. The van der Waals surface area contributed by atoms with Gasteiger partial charge in [0.25, 0.3) is 5.69 Å². The Hall–Kier alpha value is -5.68. The van der Waals surface area contributed by atoms with Crippen molar-refractivity contribution in [3.05, 3.63) is 92.8 Å². The van der Waals surface area contributed by atoms with Crippen LogP contribution in [0.25, 0.3) is 0 Å². The van der Waals surface area contributed by atoms with E-state index in [4.69, 9.17) is 28.4 Å². The summed E-state index contributed by atoms with van der Waals surface area (Å²) in [4.78, 5) is 63.9. The number of rotatable bonds is 20. The van der Waals surface area contributed by atoms with Gasteiger partial charge >= 0.3 is 24.1 Å². The van der Waals surface area contributed by atoms with Crippen LogP contribution in [0, 0.1) is 10.1 Å². The van der Waals surface area contributed by atoms with Crippen molar-refractivity contribution in [3.63, 3.8) is 0 Å². The van der Waals surface area contributed by atoms with Gasteiger partial charge in [-0.05, 0) is 65.2 Å². The minimum absolute atomic E-state index is 0.00560. The van der Waals surface area contributed by atoms with Crippen LogP contribution in [-0.2, 0) is 33.3 Å². The number of esters is 2. The van der Waals surface area contributed by atoms with E-state index in [0.29, 0.717) is 29.9 Å². The van der Waals surface area contributed by atoms with Gasteiger partial charge in [0, 0.05) is 30.9 Å². The van der Waals surface area contributed by atoms with Gasteiger partial charge in [0.1, 0.15) is 24.1 Å². The zero-order valence-corrected chi connectivity index (χ0v) is 32.7. The number of amides is 2. The van der Waals surface area contributed by atoms with Gasteiger partial charge in [-0.2, -0.15) is 0 Å². The number of methoxy groups -OCH3 is 1. The van der Waals surface area contributed by atoms with Crippen LogP contribution in [0.3, 0.4) is 0 Å². The Morgan fingerprint density at radius 1 is 1.00 bits per heavy atom. The number of aliphatic hydroxyl groups excluding tert-OH is 1. The molecule has 1 heterocycles. The predicted molar refractivity (Wildman–Crippen MR) is 203 cm³/mol. The lowest BCUT2D eigenvalue weighted by molar-refractivity contribution is -0.384. The lowest BCUT2D eigenvalue weighted by Crippen LogP contribution is -2.43. The van der Waals surface area contributed by atoms with Crippen LogP contribution < -0.4 is 15.4 Å². The molecule has 2 amide bonds. The molecule has 0 saturated carbocycles. The molecule has 3 rings (SSSR count). The van der Waals surface area contributed by atoms with E-state index in [1.165, 1.54) is 30.2 Å². The molecule has 2 aromatic rings. The molecule has 0 bridgehead atoms. The fraction of sp³-hybridized carbons (Fsp3) is 0.487. The number of carbonyl (C=O) groups excluding carboxylic acids is 4. The SMILES string of the molecule is CCOC(=O)C1=C(COCCNC(=O)OCCCCN(CC(O)COc2ccccc2)C(=O)OC(C)(C)C)NC(C)=C(C(=O)OC)C1c1cccc([N+](=O)[O-])c1. The second-order valence-electron chi connectivity index (χ2n) is 13.6. The third kappa shape index (κ3) is 14.2. The molecule has 0 fully saturated rings. The van der Waals surface area contributed by atoms with Crippen LogP contribution in [0.2, 0.25) is 0 Å². The maximum atomic E-state index is 13.3. The molecule has 0 saturated heterocycles. The number of alkyl carbamates (subject to hydrolysis) is 1. The van der Waals surface area contributed by atoms with Gasteiger partial charge in [0.2, 0.25) is 0 Å². The first-order valence-electron chi connectivity index (χ1n) is 18.2. The average molecular weight is 785 g/mol. The van der Waals surface area contributed by atoms with Crippen molar-refractivity contribution in [2.24, 2.45) is 0 Å². The molecular weight excluding hydrogens is 732 g/mol. The summed E-state index contributed by atoms with van der Waals surface area (Å²) < 4.78 is 32.5. The highest BCUT2D eigenvalue weighted by molar-refractivity contribution is 6.00. The molecule has 0 aromatic heterocycles. The molecule has 0 aliphatic carbocycles. The Labute approximate surface area is 326 Å². The number of nitrogens with one attached hydrogen (secondary N) is 2. The van der Waals surface area contributed by atoms with Gasteiger partial charge < -0.3 is 49.1 Å². The van der Waals surface area contributed by atoms with Crippen LogP contribution in [0.1, 0.15) is 58.9 Å². The highest BCUT2D eigenvalue weighted by Gasteiger charge is 2.39. The highest BCUT2D eigenvalue weighted by atomic mass is 16.6. The number of benzene rings is 2. The first-order valence-corrected chi connectivity index (χ1v) is 18.2. The zero-order chi connectivity index (χ0) is 41.3. The third-order valence-corrected chi connectivity index (χ3v) is 8.05. The number of hydrogen-bond donors (Lipinski definition) is 3. The third-order valence-electron chi connectivity index (χ3n) is 8.05. The van der Waals surface area contributed by atoms with E-state index in [-0.39, 0.29) is 75.2 Å². The van der Waals surface area contributed by atoms with E-state index in [2.05, 4.69) is 10.6 Å². The van der Waals surface area contributed by atoms with Crippen LogP contribution in [0.15, 0.2) is 77.1 Å². The molecule has 2 aromatic carbocycles. The maximum Gasteiger partial charge on any atom is 0.410 e. The summed E-state index contributed by atoms with van der Waals surface area (Å²) in [6, 6.07) is 14.6. The number of dihydropyridines is 1. The molecule has 1 aliphatic rings. The number of non-ortho nitro benzene ring substituents is 1. The number of para-hydroxylation sites is 1. The summed E-state index contributed by atoms with van der Waals surface area (Å²) in [7, 11) is 1.19. The van der Waals surface area contributed by atoms with Crippen molar-refractivity contribution >= 4 is 29.8 Å². The fourth-order valence-corrected chi connectivity index (χ4v) is 5.61. The average Bonchev–Trinajstić information content (AvgIpc) is 3.15. The molecule has 3 N–H and O–H groups in total. The van der Waals surface area contributed by atoms with E-state index in [9.17, 15) is 34.4 Å². The molecule has 0 spiro atoms. The van der Waals surface area contributed by atoms with Crippen LogP contribution in [0.4, 0.5) is 15.3 Å². The normalized spacial score (nSPS) is 14.6. The first-order chi connectivity index (χ1) is 26.6. The number of allylic oxidation sites excluding steroid dienone is 1. The number of nitro benzene ring substituents is 1. The van der Waals surface area contributed by atoms with Gasteiger partial charge in [-0.3, -0.25) is 10.1 Å². The number of nitro groups is 1. The Kier molecular flexibility index (Phi) is 17.6. The van der Waals surface area contributed by atoms with Gasteiger partial charge in [0.05, 0.1) is 67.8 Å². The summed E-state index contributed by atoms with van der Waals surface area (Å²) in [6.45, 7) is 8.65. The topological polar surface area (TPSA) is 214 Å². The molecule has 17 nitrogen and oxygen atoms in total. The minimum atomic E-state index is -1.07. The van der Waals surface area contributed by atoms with E-state index >= 15 is 0 Å². The van der Waals surface area contributed by atoms with Crippen molar-refractivity contribution < 1.29 is 57.6 Å². The number of ether oxygens (including phenoxy) is 6. The lowest BCUT2D eigenvalue weighted by Gasteiger charge is -2.31. The summed E-state index contributed by atoms with van der Waals surface area (Å²) in [5, 5.41) is 27.7. The molecule has 17 heteroatoms. The van der Waals surface area contributed by atoms with Crippen molar-refractivity contribution in [3.8, 4) is 5.75 Å². The minimum Gasteiger partial charge on any atom is -0.491 e. The maximum absolute atomic E-state index is 13.3. The molecule has 56 heavy (non-hydrogen) atoms.